The normalized spacial score (nSPS) is 31.5. The molecule has 0 amide bonds. The number of nitrogen functional groups attached to an aromatic ring is 1. The maximum absolute atomic E-state index is 6.05. The van der Waals surface area contributed by atoms with Crippen LogP contribution in [0.4, 0.5) is 5.69 Å². The molecule has 1 heteroatoms. The summed E-state index contributed by atoms with van der Waals surface area (Å²) in [5.41, 5.74) is 8.40. The number of hydrogen-bond donors (Lipinski definition) is 1. The summed E-state index contributed by atoms with van der Waals surface area (Å²) in [6, 6.07) is 8.36. The minimum Gasteiger partial charge on any atom is -0.398 e. The van der Waals surface area contributed by atoms with Crippen molar-refractivity contribution in [1.82, 2.24) is 0 Å². The second-order valence-corrected chi connectivity index (χ2v) is 5.13. The van der Waals surface area contributed by atoms with Crippen molar-refractivity contribution >= 4 is 5.69 Å². The first kappa shape index (κ1) is 10.5. The van der Waals surface area contributed by atoms with E-state index in [1.165, 1.54) is 24.8 Å². The summed E-state index contributed by atoms with van der Waals surface area (Å²) in [6.45, 7) is 4.73. The van der Waals surface area contributed by atoms with Gasteiger partial charge in [0.2, 0.25) is 0 Å². The fourth-order valence-electron chi connectivity index (χ4n) is 2.98. The Morgan fingerprint density at radius 1 is 1.13 bits per heavy atom. The molecule has 0 aliphatic heterocycles. The van der Waals surface area contributed by atoms with Gasteiger partial charge < -0.3 is 5.73 Å². The lowest BCUT2D eigenvalue weighted by atomic mass is 9.72. The molecular formula is C14H21N. The second kappa shape index (κ2) is 4.26. The number of hydrogen-bond acceptors (Lipinski definition) is 1. The number of benzene rings is 1. The number of rotatable bonds is 1. The Balaban J connectivity index is 2.20. The van der Waals surface area contributed by atoms with E-state index < -0.39 is 0 Å². The third kappa shape index (κ3) is 2.17. The molecule has 1 aliphatic carbocycles. The summed E-state index contributed by atoms with van der Waals surface area (Å²) in [5, 5.41) is 0. The third-order valence-electron chi connectivity index (χ3n) is 3.83. The molecule has 0 spiro atoms. The summed E-state index contributed by atoms with van der Waals surface area (Å²) in [4.78, 5) is 0. The van der Waals surface area contributed by atoms with Gasteiger partial charge in [0.05, 0.1) is 0 Å². The molecule has 15 heavy (non-hydrogen) atoms. The molecule has 0 unspecified atom stereocenters. The molecule has 1 aliphatic rings. The maximum Gasteiger partial charge on any atom is 0.0349 e. The minimum absolute atomic E-state index is 0.683. The zero-order valence-corrected chi connectivity index (χ0v) is 9.74. The third-order valence-corrected chi connectivity index (χ3v) is 3.83. The Labute approximate surface area is 92.7 Å². The molecular weight excluding hydrogens is 182 g/mol. The first-order valence-corrected chi connectivity index (χ1v) is 6.03. The molecule has 1 aromatic carbocycles. The second-order valence-electron chi connectivity index (χ2n) is 5.13. The van der Waals surface area contributed by atoms with Crippen LogP contribution in [0.25, 0.3) is 0 Å². The van der Waals surface area contributed by atoms with E-state index in [1.54, 1.807) is 0 Å². The van der Waals surface area contributed by atoms with E-state index in [4.69, 9.17) is 5.73 Å². The van der Waals surface area contributed by atoms with Crippen molar-refractivity contribution < 1.29 is 0 Å². The highest BCUT2D eigenvalue weighted by Crippen LogP contribution is 2.41. The molecule has 2 rings (SSSR count). The van der Waals surface area contributed by atoms with E-state index in [0.717, 1.165) is 17.5 Å². The number of para-hydroxylation sites is 1. The predicted molar refractivity (Wildman–Crippen MR) is 65.8 cm³/mol. The van der Waals surface area contributed by atoms with Crippen LogP contribution in [0.1, 0.15) is 44.6 Å². The molecule has 1 fully saturated rings. The van der Waals surface area contributed by atoms with Crippen LogP contribution in [0.5, 0.6) is 0 Å². The van der Waals surface area contributed by atoms with Gasteiger partial charge in [-0.2, -0.15) is 0 Å². The molecule has 1 saturated carbocycles. The van der Waals surface area contributed by atoms with E-state index >= 15 is 0 Å². The Hall–Kier alpha value is -0.980. The van der Waals surface area contributed by atoms with Crippen LogP contribution < -0.4 is 5.73 Å². The van der Waals surface area contributed by atoms with Gasteiger partial charge in [-0.15, -0.1) is 0 Å². The van der Waals surface area contributed by atoms with E-state index in [1.807, 2.05) is 12.1 Å². The van der Waals surface area contributed by atoms with Crippen LogP contribution >= 0.6 is 0 Å². The fourth-order valence-corrected chi connectivity index (χ4v) is 2.98. The minimum atomic E-state index is 0.683. The summed E-state index contributed by atoms with van der Waals surface area (Å²) in [7, 11) is 0. The number of anilines is 1. The van der Waals surface area contributed by atoms with Crippen molar-refractivity contribution in [2.24, 2.45) is 11.8 Å². The Morgan fingerprint density at radius 2 is 1.87 bits per heavy atom. The summed E-state index contributed by atoms with van der Waals surface area (Å²) in [5.74, 6) is 2.35. The van der Waals surface area contributed by atoms with Crippen LogP contribution in [0.3, 0.4) is 0 Å². The topological polar surface area (TPSA) is 26.0 Å². The van der Waals surface area contributed by atoms with Gasteiger partial charge in [0.1, 0.15) is 0 Å². The van der Waals surface area contributed by atoms with Gasteiger partial charge in [0.25, 0.3) is 0 Å². The molecule has 82 valence electrons. The lowest BCUT2D eigenvalue weighted by molar-refractivity contribution is 0.262. The lowest BCUT2D eigenvalue weighted by Gasteiger charge is -2.33. The summed E-state index contributed by atoms with van der Waals surface area (Å²) in [6.07, 6.45) is 4.00. The van der Waals surface area contributed by atoms with Crippen LogP contribution in [0.15, 0.2) is 24.3 Å². The van der Waals surface area contributed by atoms with Crippen molar-refractivity contribution in [3.8, 4) is 0 Å². The molecule has 3 atom stereocenters. The number of nitrogens with two attached hydrogens (primary N) is 1. The smallest absolute Gasteiger partial charge is 0.0349 e. The van der Waals surface area contributed by atoms with E-state index in [0.29, 0.717) is 5.92 Å². The standard InChI is InChI=1S/C14H21N/c1-10-7-8-12(11(2)9-10)13-5-3-4-6-14(13)15/h3-6,10-12H,7-9,15H2,1-2H3/t10-,11+,12+/m1/s1. The molecule has 1 aromatic rings. The zero-order valence-electron chi connectivity index (χ0n) is 9.74. The van der Waals surface area contributed by atoms with Crippen LogP contribution in [0.2, 0.25) is 0 Å². The van der Waals surface area contributed by atoms with Gasteiger partial charge >= 0.3 is 0 Å². The Morgan fingerprint density at radius 3 is 2.53 bits per heavy atom. The predicted octanol–water partition coefficient (Wildman–Crippen LogP) is 3.81. The van der Waals surface area contributed by atoms with E-state index in [2.05, 4.69) is 26.0 Å². The van der Waals surface area contributed by atoms with Crippen LogP contribution in [0, 0.1) is 11.8 Å². The monoisotopic (exact) mass is 203 g/mol. The van der Waals surface area contributed by atoms with Crippen molar-refractivity contribution in [3.63, 3.8) is 0 Å². The van der Waals surface area contributed by atoms with Crippen LogP contribution in [-0.4, -0.2) is 0 Å². The molecule has 0 bridgehead atoms. The molecule has 1 nitrogen and oxygen atoms in total. The molecule has 0 radical (unpaired) electrons. The van der Waals surface area contributed by atoms with Crippen molar-refractivity contribution in [1.29, 1.82) is 0 Å². The van der Waals surface area contributed by atoms with Gasteiger partial charge in [0, 0.05) is 5.69 Å². The summed E-state index contributed by atoms with van der Waals surface area (Å²) >= 11 is 0. The molecule has 0 heterocycles. The average Bonchev–Trinajstić information content (AvgIpc) is 2.20. The zero-order chi connectivity index (χ0) is 10.8. The van der Waals surface area contributed by atoms with E-state index in [-0.39, 0.29) is 0 Å². The van der Waals surface area contributed by atoms with Gasteiger partial charge in [0.15, 0.2) is 0 Å². The SMILES string of the molecule is C[C@@H]1CC[C@H](c2ccccc2N)[C@@H](C)C1. The molecule has 0 saturated heterocycles. The fraction of sp³-hybridized carbons (Fsp3) is 0.571. The van der Waals surface area contributed by atoms with Crippen molar-refractivity contribution in [2.75, 3.05) is 5.73 Å². The average molecular weight is 203 g/mol. The lowest BCUT2D eigenvalue weighted by Crippen LogP contribution is -2.20. The van der Waals surface area contributed by atoms with Gasteiger partial charge in [-0.3, -0.25) is 0 Å². The largest absolute Gasteiger partial charge is 0.398 e. The molecule has 2 N–H and O–H groups in total. The summed E-state index contributed by atoms with van der Waals surface area (Å²) < 4.78 is 0. The van der Waals surface area contributed by atoms with Gasteiger partial charge in [-0.05, 0) is 42.2 Å². The van der Waals surface area contributed by atoms with E-state index in [9.17, 15) is 0 Å². The highest BCUT2D eigenvalue weighted by Gasteiger charge is 2.27. The molecule has 0 aromatic heterocycles. The van der Waals surface area contributed by atoms with Crippen molar-refractivity contribution in [2.45, 2.75) is 39.0 Å². The highest BCUT2D eigenvalue weighted by molar-refractivity contribution is 5.48. The first-order chi connectivity index (χ1) is 7.18. The highest BCUT2D eigenvalue weighted by atomic mass is 14.6. The first-order valence-electron chi connectivity index (χ1n) is 6.03. The van der Waals surface area contributed by atoms with Crippen LogP contribution in [-0.2, 0) is 0 Å². The maximum atomic E-state index is 6.05. The Bertz CT molecular complexity index is 332. The van der Waals surface area contributed by atoms with Gasteiger partial charge in [-0.25, -0.2) is 0 Å². The quantitative estimate of drug-likeness (QED) is 0.690. The van der Waals surface area contributed by atoms with Gasteiger partial charge in [-0.1, -0.05) is 38.5 Å². The van der Waals surface area contributed by atoms with Crippen molar-refractivity contribution in [3.05, 3.63) is 29.8 Å². The Kier molecular flexibility index (Phi) is 2.99.